The van der Waals surface area contributed by atoms with E-state index in [1.807, 2.05) is 30.3 Å². The van der Waals surface area contributed by atoms with E-state index in [0.717, 1.165) is 5.56 Å². The lowest BCUT2D eigenvalue weighted by molar-refractivity contribution is -0.123. The van der Waals surface area contributed by atoms with Crippen LogP contribution >= 0.6 is 0 Å². The lowest BCUT2D eigenvalue weighted by Crippen LogP contribution is -2.52. The number of halogens is 1. The Morgan fingerprint density at radius 3 is 2.49 bits per heavy atom. The van der Waals surface area contributed by atoms with Gasteiger partial charge in [0.2, 0.25) is 5.91 Å². The first kappa shape index (κ1) is 25.2. The van der Waals surface area contributed by atoms with Gasteiger partial charge in [0.1, 0.15) is 11.9 Å². The zero-order valence-electron chi connectivity index (χ0n) is 19.2. The van der Waals surface area contributed by atoms with Crippen molar-refractivity contribution in [3.8, 4) is 0 Å². The predicted octanol–water partition coefficient (Wildman–Crippen LogP) is 0.981. The maximum Gasteiger partial charge on any atom is 0.279 e. The van der Waals surface area contributed by atoms with E-state index in [2.05, 4.69) is 15.4 Å². The Hall–Kier alpha value is -2.86. The molecule has 0 aliphatic carbocycles. The second-order valence-electron chi connectivity index (χ2n) is 8.76. The third kappa shape index (κ3) is 6.85. The van der Waals surface area contributed by atoms with Gasteiger partial charge >= 0.3 is 0 Å². The molecule has 0 radical (unpaired) electrons. The minimum Gasteiger partial charge on any atom is -0.380 e. The van der Waals surface area contributed by atoms with Gasteiger partial charge in [-0.3, -0.25) is 9.59 Å². The molecule has 2 heterocycles. The van der Waals surface area contributed by atoms with Crippen molar-refractivity contribution in [3.63, 3.8) is 0 Å². The number of nitrogens with zero attached hydrogens (tertiary/aromatic N) is 1. The van der Waals surface area contributed by atoms with Crippen LogP contribution in [0.4, 0.5) is 4.39 Å². The second kappa shape index (κ2) is 11.3. The normalized spacial score (nSPS) is 21.5. The zero-order chi connectivity index (χ0) is 24.8. The maximum atomic E-state index is 13.2. The Balaban J connectivity index is 1.40. The fourth-order valence-corrected chi connectivity index (χ4v) is 5.66. The van der Waals surface area contributed by atoms with E-state index in [0.29, 0.717) is 26.1 Å². The topological polar surface area (TPSA) is 117 Å². The Morgan fingerprint density at radius 2 is 1.80 bits per heavy atom. The maximum absolute atomic E-state index is 13.2. The van der Waals surface area contributed by atoms with Crippen LogP contribution in [0.1, 0.15) is 28.8 Å². The van der Waals surface area contributed by atoms with Crippen LogP contribution in [0.3, 0.4) is 0 Å². The van der Waals surface area contributed by atoms with Gasteiger partial charge in [-0.1, -0.05) is 30.3 Å². The molecule has 3 N–H and O–H groups in total. The van der Waals surface area contributed by atoms with Crippen molar-refractivity contribution in [1.82, 2.24) is 19.7 Å². The van der Waals surface area contributed by atoms with Gasteiger partial charge in [-0.25, -0.2) is 4.39 Å². The molecule has 9 nitrogen and oxygen atoms in total. The number of ether oxygens (including phenoxy) is 1. The van der Waals surface area contributed by atoms with E-state index < -0.39 is 33.9 Å². The molecule has 2 aliphatic rings. The van der Waals surface area contributed by atoms with Gasteiger partial charge in [-0.05, 0) is 42.7 Å². The Labute approximate surface area is 204 Å². The number of hydrogen-bond donors (Lipinski definition) is 3. The average molecular weight is 505 g/mol. The Bertz CT molecular complexity index is 1120. The van der Waals surface area contributed by atoms with Crippen molar-refractivity contribution < 1.29 is 27.1 Å². The molecule has 0 saturated carbocycles. The van der Waals surface area contributed by atoms with Crippen LogP contribution in [0, 0.1) is 5.82 Å². The molecule has 3 atom stereocenters. The standard InChI is InChI=1S/C24H29FN4O5S/c25-19-8-6-18(7-9-19)23(30)27-22(14-17-4-2-1-3-5-17)24(31)26-20-10-12-29(15-20)35(32,33)28-21-11-13-34-16-21/h1-9,20-22,28H,10-16H2,(H,26,31)(H,27,30). The van der Waals surface area contributed by atoms with E-state index >= 15 is 0 Å². The molecule has 2 saturated heterocycles. The van der Waals surface area contributed by atoms with Crippen LogP contribution in [-0.4, -0.2) is 69.0 Å². The molecule has 11 heteroatoms. The third-order valence-corrected chi connectivity index (χ3v) is 7.74. The summed E-state index contributed by atoms with van der Waals surface area (Å²) in [6, 6.07) is 12.8. The summed E-state index contributed by atoms with van der Waals surface area (Å²) in [4.78, 5) is 25.9. The van der Waals surface area contributed by atoms with Crippen LogP contribution in [0.5, 0.6) is 0 Å². The van der Waals surface area contributed by atoms with Crippen LogP contribution in [0.2, 0.25) is 0 Å². The number of benzene rings is 2. The summed E-state index contributed by atoms with van der Waals surface area (Å²) in [7, 11) is -3.69. The van der Waals surface area contributed by atoms with Crippen LogP contribution in [0.25, 0.3) is 0 Å². The third-order valence-electron chi connectivity index (χ3n) is 6.09. The van der Waals surface area contributed by atoms with E-state index in [9.17, 15) is 22.4 Å². The molecular formula is C24H29FN4O5S. The molecule has 2 amide bonds. The lowest BCUT2D eigenvalue weighted by atomic mass is 10.0. The molecule has 2 fully saturated rings. The molecule has 3 unspecified atom stereocenters. The van der Waals surface area contributed by atoms with Crippen molar-refractivity contribution in [2.24, 2.45) is 0 Å². The van der Waals surface area contributed by atoms with Crippen molar-refractivity contribution in [1.29, 1.82) is 0 Å². The summed E-state index contributed by atoms with van der Waals surface area (Å²) in [5.74, 6) is -1.37. The number of amides is 2. The summed E-state index contributed by atoms with van der Waals surface area (Å²) in [6.07, 6.45) is 1.33. The van der Waals surface area contributed by atoms with Gasteiger partial charge in [-0.2, -0.15) is 17.4 Å². The van der Waals surface area contributed by atoms with Gasteiger partial charge in [-0.15, -0.1) is 0 Å². The van der Waals surface area contributed by atoms with E-state index in [1.165, 1.54) is 28.6 Å². The second-order valence-corrected chi connectivity index (χ2v) is 10.5. The summed E-state index contributed by atoms with van der Waals surface area (Å²) in [6.45, 7) is 1.29. The molecule has 188 valence electrons. The fraction of sp³-hybridized carbons (Fsp3) is 0.417. The highest BCUT2D eigenvalue weighted by Gasteiger charge is 2.35. The summed E-state index contributed by atoms with van der Waals surface area (Å²) >= 11 is 0. The number of nitrogens with one attached hydrogen (secondary N) is 3. The highest BCUT2D eigenvalue weighted by Crippen LogP contribution is 2.16. The molecule has 2 aromatic carbocycles. The minimum atomic E-state index is -3.69. The molecule has 35 heavy (non-hydrogen) atoms. The fourth-order valence-electron chi connectivity index (χ4n) is 4.18. The first-order chi connectivity index (χ1) is 16.8. The first-order valence-corrected chi connectivity index (χ1v) is 13.0. The van der Waals surface area contributed by atoms with Gasteiger partial charge < -0.3 is 15.4 Å². The van der Waals surface area contributed by atoms with Gasteiger partial charge in [0.25, 0.3) is 16.1 Å². The van der Waals surface area contributed by atoms with Crippen molar-refractivity contribution >= 4 is 22.0 Å². The molecule has 2 aromatic rings. The molecule has 0 spiro atoms. The van der Waals surface area contributed by atoms with Gasteiger partial charge in [0.15, 0.2) is 0 Å². The van der Waals surface area contributed by atoms with Crippen LogP contribution < -0.4 is 15.4 Å². The van der Waals surface area contributed by atoms with E-state index in [1.54, 1.807) is 0 Å². The van der Waals surface area contributed by atoms with Gasteiger partial charge in [0.05, 0.1) is 6.61 Å². The number of carbonyl (C=O) groups is 2. The Morgan fingerprint density at radius 1 is 1.06 bits per heavy atom. The summed E-state index contributed by atoms with van der Waals surface area (Å²) in [5.41, 5.74) is 1.09. The number of carbonyl (C=O) groups excluding carboxylic acids is 2. The number of hydrogen-bond acceptors (Lipinski definition) is 5. The Kier molecular flexibility index (Phi) is 8.11. The van der Waals surface area contributed by atoms with Crippen LogP contribution in [-0.2, 0) is 26.2 Å². The zero-order valence-corrected chi connectivity index (χ0v) is 20.0. The summed E-state index contributed by atoms with van der Waals surface area (Å²) < 4.78 is 47.8. The summed E-state index contributed by atoms with van der Waals surface area (Å²) in [5, 5.41) is 5.62. The number of rotatable bonds is 9. The van der Waals surface area contributed by atoms with E-state index in [4.69, 9.17) is 4.74 Å². The smallest absolute Gasteiger partial charge is 0.279 e. The molecule has 2 aliphatic heterocycles. The van der Waals surface area contributed by atoms with Crippen molar-refractivity contribution in [2.75, 3.05) is 26.3 Å². The van der Waals surface area contributed by atoms with E-state index in [-0.39, 0.29) is 37.2 Å². The monoisotopic (exact) mass is 504 g/mol. The highest BCUT2D eigenvalue weighted by molar-refractivity contribution is 7.87. The van der Waals surface area contributed by atoms with Crippen LogP contribution in [0.15, 0.2) is 54.6 Å². The van der Waals surface area contributed by atoms with Crippen molar-refractivity contribution in [2.45, 2.75) is 37.4 Å². The SMILES string of the molecule is O=C(NC(Cc1ccccc1)C(=O)NC1CCN(S(=O)(=O)NC2CCOC2)C1)c1ccc(F)cc1. The predicted molar refractivity (Wildman–Crippen MR) is 127 cm³/mol. The molecular weight excluding hydrogens is 475 g/mol. The lowest BCUT2D eigenvalue weighted by Gasteiger charge is -2.22. The molecule has 0 aromatic heterocycles. The van der Waals surface area contributed by atoms with Gasteiger partial charge in [0, 0.05) is 43.8 Å². The first-order valence-electron chi connectivity index (χ1n) is 11.6. The quantitative estimate of drug-likeness (QED) is 0.471. The molecule has 0 bridgehead atoms. The minimum absolute atomic E-state index is 0.138. The van der Waals surface area contributed by atoms with Crippen molar-refractivity contribution in [3.05, 3.63) is 71.5 Å². The largest absolute Gasteiger partial charge is 0.380 e. The highest BCUT2D eigenvalue weighted by atomic mass is 32.2. The molecule has 4 rings (SSSR count). The average Bonchev–Trinajstić information content (AvgIpc) is 3.52.